The SMILES string of the molecule is Nc1ccc(-c2cccc(F)c2F)nc1. The lowest BCUT2D eigenvalue weighted by Crippen LogP contribution is -1.92. The zero-order chi connectivity index (χ0) is 10.8. The molecule has 4 heteroatoms. The summed E-state index contributed by atoms with van der Waals surface area (Å²) in [5, 5.41) is 0. The van der Waals surface area contributed by atoms with Crippen molar-refractivity contribution in [2.75, 3.05) is 5.73 Å². The Bertz CT molecular complexity index is 480. The van der Waals surface area contributed by atoms with E-state index in [2.05, 4.69) is 4.98 Å². The van der Waals surface area contributed by atoms with Gasteiger partial charge in [-0.05, 0) is 24.3 Å². The van der Waals surface area contributed by atoms with Gasteiger partial charge in [0.15, 0.2) is 11.6 Å². The molecule has 0 aliphatic heterocycles. The average Bonchev–Trinajstić information content (AvgIpc) is 2.24. The third-order valence-electron chi connectivity index (χ3n) is 2.01. The first kappa shape index (κ1) is 9.58. The van der Waals surface area contributed by atoms with Crippen LogP contribution in [0.4, 0.5) is 14.5 Å². The molecule has 1 aromatic carbocycles. The second kappa shape index (κ2) is 3.65. The highest BCUT2D eigenvalue weighted by Crippen LogP contribution is 2.22. The van der Waals surface area contributed by atoms with Gasteiger partial charge in [-0.2, -0.15) is 0 Å². The molecule has 2 rings (SSSR count). The molecule has 2 aromatic rings. The molecular weight excluding hydrogens is 198 g/mol. The van der Waals surface area contributed by atoms with E-state index in [0.717, 1.165) is 6.07 Å². The maximum absolute atomic E-state index is 13.3. The lowest BCUT2D eigenvalue weighted by molar-refractivity contribution is 0.511. The van der Waals surface area contributed by atoms with Crippen LogP contribution in [0, 0.1) is 11.6 Å². The van der Waals surface area contributed by atoms with Crippen LogP contribution in [0.2, 0.25) is 0 Å². The van der Waals surface area contributed by atoms with Crippen LogP contribution in [0.1, 0.15) is 0 Å². The van der Waals surface area contributed by atoms with Gasteiger partial charge in [0, 0.05) is 5.56 Å². The summed E-state index contributed by atoms with van der Waals surface area (Å²) in [6, 6.07) is 7.11. The summed E-state index contributed by atoms with van der Waals surface area (Å²) in [6.45, 7) is 0. The second-order valence-corrected chi connectivity index (χ2v) is 3.08. The Morgan fingerprint density at radius 3 is 2.53 bits per heavy atom. The standard InChI is InChI=1S/C11H8F2N2/c12-9-3-1-2-8(11(9)13)10-5-4-7(14)6-15-10/h1-6H,14H2. The van der Waals surface area contributed by atoms with E-state index < -0.39 is 11.6 Å². The van der Waals surface area contributed by atoms with Gasteiger partial charge in [0.2, 0.25) is 0 Å². The van der Waals surface area contributed by atoms with E-state index in [-0.39, 0.29) is 5.56 Å². The second-order valence-electron chi connectivity index (χ2n) is 3.08. The highest BCUT2D eigenvalue weighted by Gasteiger charge is 2.09. The molecule has 0 aliphatic carbocycles. The maximum Gasteiger partial charge on any atom is 0.168 e. The van der Waals surface area contributed by atoms with Crippen molar-refractivity contribution in [1.29, 1.82) is 0 Å². The minimum absolute atomic E-state index is 0.134. The van der Waals surface area contributed by atoms with Gasteiger partial charge < -0.3 is 5.73 Å². The fourth-order valence-corrected chi connectivity index (χ4v) is 1.27. The van der Waals surface area contributed by atoms with Gasteiger partial charge in [-0.25, -0.2) is 8.78 Å². The molecule has 2 nitrogen and oxygen atoms in total. The topological polar surface area (TPSA) is 38.9 Å². The van der Waals surface area contributed by atoms with Crippen molar-refractivity contribution in [1.82, 2.24) is 4.98 Å². The van der Waals surface area contributed by atoms with Crippen LogP contribution in [0.3, 0.4) is 0 Å². The van der Waals surface area contributed by atoms with Gasteiger partial charge in [0.05, 0.1) is 17.6 Å². The Kier molecular flexibility index (Phi) is 2.33. The summed E-state index contributed by atoms with van der Waals surface area (Å²) in [6.07, 6.45) is 1.40. The summed E-state index contributed by atoms with van der Waals surface area (Å²) >= 11 is 0. The van der Waals surface area contributed by atoms with E-state index in [0.29, 0.717) is 11.4 Å². The molecule has 1 heterocycles. The molecule has 2 N–H and O–H groups in total. The number of hydrogen-bond donors (Lipinski definition) is 1. The van der Waals surface area contributed by atoms with Gasteiger partial charge in [0.1, 0.15) is 0 Å². The van der Waals surface area contributed by atoms with Gasteiger partial charge in [-0.1, -0.05) is 6.07 Å². The van der Waals surface area contributed by atoms with Crippen LogP contribution in [0.15, 0.2) is 36.5 Å². The van der Waals surface area contributed by atoms with Crippen molar-refractivity contribution < 1.29 is 8.78 Å². The molecule has 0 saturated carbocycles. The van der Waals surface area contributed by atoms with Gasteiger partial charge in [0.25, 0.3) is 0 Å². The molecule has 0 saturated heterocycles. The van der Waals surface area contributed by atoms with Gasteiger partial charge in [-0.15, -0.1) is 0 Å². The molecule has 0 spiro atoms. The monoisotopic (exact) mass is 206 g/mol. The minimum Gasteiger partial charge on any atom is -0.397 e. The smallest absolute Gasteiger partial charge is 0.168 e. The molecule has 0 atom stereocenters. The molecule has 0 unspecified atom stereocenters. The van der Waals surface area contributed by atoms with Crippen LogP contribution in [0.5, 0.6) is 0 Å². The van der Waals surface area contributed by atoms with E-state index in [9.17, 15) is 8.78 Å². The van der Waals surface area contributed by atoms with Crippen molar-refractivity contribution in [2.45, 2.75) is 0 Å². The number of benzene rings is 1. The van der Waals surface area contributed by atoms with E-state index in [1.807, 2.05) is 0 Å². The normalized spacial score (nSPS) is 10.3. The zero-order valence-electron chi connectivity index (χ0n) is 7.74. The Balaban J connectivity index is 2.54. The first-order chi connectivity index (χ1) is 7.18. The number of nitrogens with zero attached hydrogens (tertiary/aromatic N) is 1. The predicted molar refractivity (Wildman–Crippen MR) is 54.0 cm³/mol. The van der Waals surface area contributed by atoms with Crippen LogP contribution in [-0.2, 0) is 0 Å². The third kappa shape index (κ3) is 1.79. The first-order valence-electron chi connectivity index (χ1n) is 4.34. The van der Waals surface area contributed by atoms with E-state index >= 15 is 0 Å². The van der Waals surface area contributed by atoms with Crippen LogP contribution < -0.4 is 5.73 Å². The number of aromatic nitrogens is 1. The molecular formula is C11H8F2N2. The predicted octanol–water partition coefficient (Wildman–Crippen LogP) is 2.61. The van der Waals surface area contributed by atoms with Crippen molar-refractivity contribution in [3.05, 3.63) is 48.2 Å². The summed E-state index contributed by atoms with van der Waals surface area (Å²) < 4.78 is 26.3. The number of nitrogens with two attached hydrogens (primary N) is 1. The number of rotatable bonds is 1. The van der Waals surface area contributed by atoms with Gasteiger partial charge in [-0.3, -0.25) is 4.98 Å². The molecule has 0 radical (unpaired) electrons. The van der Waals surface area contributed by atoms with Crippen molar-refractivity contribution >= 4 is 5.69 Å². The summed E-state index contributed by atoms with van der Waals surface area (Å²) in [5.74, 6) is -1.78. The third-order valence-corrected chi connectivity index (χ3v) is 2.01. The highest BCUT2D eigenvalue weighted by molar-refractivity contribution is 5.61. The maximum atomic E-state index is 13.3. The highest BCUT2D eigenvalue weighted by atomic mass is 19.2. The molecule has 76 valence electrons. The van der Waals surface area contributed by atoms with Crippen LogP contribution >= 0.6 is 0 Å². The van der Waals surface area contributed by atoms with Crippen LogP contribution in [-0.4, -0.2) is 4.98 Å². The Morgan fingerprint density at radius 1 is 1.07 bits per heavy atom. The van der Waals surface area contributed by atoms with Crippen molar-refractivity contribution in [3.63, 3.8) is 0 Å². The lowest BCUT2D eigenvalue weighted by atomic mass is 10.1. The Labute approximate surface area is 85.4 Å². The lowest BCUT2D eigenvalue weighted by Gasteiger charge is -2.03. The van der Waals surface area contributed by atoms with Crippen LogP contribution in [0.25, 0.3) is 11.3 Å². The van der Waals surface area contributed by atoms with Crippen molar-refractivity contribution in [3.8, 4) is 11.3 Å². The molecule has 0 amide bonds. The number of anilines is 1. The molecule has 0 aliphatic rings. The number of halogens is 2. The zero-order valence-corrected chi connectivity index (χ0v) is 7.74. The Hall–Kier alpha value is -1.97. The molecule has 15 heavy (non-hydrogen) atoms. The summed E-state index contributed by atoms with van der Waals surface area (Å²) in [4.78, 5) is 3.92. The van der Waals surface area contributed by atoms with Gasteiger partial charge >= 0.3 is 0 Å². The van der Waals surface area contributed by atoms with E-state index in [4.69, 9.17) is 5.73 Å². The largest absolute Gasteiger partial charge is 0.397 e. The fraction of sp³-hybridized carbons (Fsp3) is 0. The number of nitrogen functional groups attached to an aromatic ring is 1. The molecule has 0 bridgehead atoms. The first-order valence-corrected chi connectivity index (χ1v) is 4.34. The van der Waals surface area contributed by atoms with E-state index in [1.165, 1.54) is 18.3 Å². The minimum atomic E-state index is -0.894. The fourth-order valence-electron chi connectivity index (χ4n) is 1.27. The summed E-state index contributed by atoms with van der Waals surface area (Å²) in [7, 11) is 0. The Morgan fingerprint density at radius 2 is 1.87 bits per heavy atom. The quantitative estimate of drug-likeness (QED) is 0.778. The van der Waals surface area contributed by atoms with E-state index in [1.54, 1.807) is 12.1 Å². The number of pyridine rings is 1. The molecule has 0 fully saturated rings. The average molecular weight is 206 g/mol. The molecule has 1 aromatic heterocycles. The number of hydrogen-bond acceptors (Lipinski definition) is 2. The summed E-state index contributed by atoms with van der Waals surface area (Å²) in [5.41, 5.74) is 6.42. The van der Waals surface area contributed by atoms with Crippen molar-refractivity contribution in [2.24, 2.45) is 0 Å².